The average Bonchev–Trinajstić information content (AvgIpc) is 3.26. The van der Waals surface area contributed by atoms with E-state index in [1.54, 1.807) is 28.4 Å². The first-order valence-electron chi connectivity index (χ1n) is 7.21. The molecule has 0 unspecified atom stereocenters. The fourth-order valence-electron chi connectivity index (χ4n) is 2.25. The summed E-state index contributed by atoms with van der Waals surface area (Å²) < 4.78 is 5.25. The van der Waals surface area contributed by atoms with Gasteiger partial charge in [-0.1, -0.05) is 41.6 Å². The summed E-state index contributed by atoms with van der Waals surface area (Å²) in [7, 11) is 0. The van der Waals surface area contributed by atoms with Crippen molar-refractivity contribution < 1.29 is 9.32 Å². The minimum absolute atomic E-state index is 0.189. The minimum atomic E-state index is -0.189. The molecule has 1 amide bonds. The predicted octanol–water partition coefficient (Wildman–Crippen LogP) is 4.23. The van der Waals surface area contributed by atoms with Crippen molar-refractivity contribution in [3.63, 3.8) is 0 Å². The van der Waals surface area contributed by atoms with Gasteiger partial charge in [-0.25, -0.2) is 0 Å². The quantitative estimate of drug-likeness (QED) is 0.637. The summed E-state index contributed by atoms with van der Waals surface area (Å²) in [5.41, 5.74) is 2.67. The summed E-state index contributed by atoms with van der Waals surface area (Å²) in [6.07, 6.45) is 1.71. The maximum absolute atomic E-state index is 12.7. The molecule has 1 aromatic carbocycles. The number of hydrogen-bond donors (Lipinski definition) is 0. The molecule has 23 heavy (non-hydrogen) atoms. The van der Waals surface area contributed by atoms with E-state index in [0.29, 0.717) is 18.8 Å². The topological polar surface area (TPSA) is 46.3 Å². The zero-order chi connectivity index (χ0) is 16.1. The summed E-state index contributed by atoms with van der Waals surface area (Å²) in [6.45, 7) is 4.70. The molecule has 2 aromatic heterocycles. The molecule has 0 atom stereocenters. The van der Waals surface area contributed by atoms with E-state index in [4.69, 9.17) is 4.52 Å². The van der Waals surface area contributed by atoms with Crippen LogP contribution < -0.4 is 0 Å². The van der Waals surface area contributed by atoms with Crippen molar-refractivity contribution >= 4 is 17.2 Å². The number of nitrogens with zero attached hydrogens (tertiary/aromatic N) is 2. The van der Waals surface area contributed by atoms with Crippen LogP contribution in [0, 0.1) is 0 Å². The van der Waals surface area contributed by atoms with E-state index in [1.807, 2.05) is 47.2 Å². The van der Waals surface area contributed by atoms with Gasteiger partial charge < -0.3 is 9.42 Å². The molecule has 4 nitrogen and oxygen atoms in total. The molecule has 0 spiro atoms. The van der Waals surface area contributed by atoms with Crippen LogP contribution >= 0.6 is 11.3 Å². The SMILES string of the molecule is C=CCN(Cc1ccsc1)C(=O)c1cc(-c2ccccc2)no1. The molecule has 0 bridgehead atoms. The molecule has 116 valence electrons. The smallest absolute Gasteiger partial charge is 0.293 e. The molecule has 3 rings (SSSR count). The highest BCUT2D eigenvalue weighted by Crippen LogP contribution is 2.20. The van der Waals surface area contributed by atoms with Crippen LogP contribution in [0.1, 0.15) is 16.1 Å². The molecule has 0 saturated carbocycles. The Morgan fingerprint density at radius 1 is 1.30 bits per heavy atom. The number of carbonyl (C=O) groups is 1. The Morgan fingerprint density at radius 3 is 2.83 bits per heavy atom. The van der Waals surface area contributed by atoms with Crippen LogP contribution in [-0.4, -0.2) is 22.5 Å². The molecular formula is C18H16N2O2S. The lowest BCUT2D eigenvalue weighted by molar-refractivity contribution is 0.0721. The summed E-state index contributed by atoms with van der Waals surface area (Å²) in [5, 5.41) is 8.02. The summed E-state index contributed by atoms with van der Waals surface area (Å²) in [4.78, 5) is 14.3. The van der Waals surface area contributed by atoms with E-state index < -0.39 is 0 Å². The summed E-state index contributed by atoms with van der Waals surface area (Å²) in [6, 6.07) is 13.3. The maximum atomic E-state index is 12.7. The third kappa shape index (κ3) is 3.57. The summed E-state index contributed by atoms with van der Waals surface area (Å²) >= 11 is 1.61. The number of benzene rings is 1. The molecule has 0 fully saturated rings. The Bertz CT molecular complexity index is 778. The Morgan fingerprint density at radius 2 is 2.13 bits per heavy atom. The van der Waals surface area contributed by atoms with Crippen molar-refractivity contribution in [1.82, 2.24) is 10.1 Å². The van der Waals surface area contributed by atoms with Gasteiger partial charge in [0.25, 0.3) is 5.91 Å². The van der Waals surface area contributed by atoms with Crippen molar-refractivity contribution in [2.45, 2.75) is 6.54 Å². The number of rotatable bonds is 6. The van der Waals surface area contributed by atoms with Gasteiger partial charge >= 0.3 is 0 Å². The van der Waals surface area contributed by atoms with Crippen molar-refractivity contribution in [2.24, 2.45) is 0 Å². The third-order valence-electron chi connectivity index (χ3n) is 3.38. The fraction of sp³-hybridized carbons (Fsp3) is 0.111. The molecule has 0 saturated heterocycles. The second-order valence-electron chi connectivity index (χ2n) is 5.05. The number of amides is 1. The van der Waals surface area contributed by atoms with Crippen LogP contribution in [-0.2, 0) is 6.54 Å². The second kappa shape index (κ2) is 7.07. The number of thiophene rings is 1. The van der Waals surface area contributed by atoms with Crippen molar-refractivity contribution in [3.8, 4) is 11.3 Å². The standard InChI is InChI=1S/C18H16N2O2S/c1-2-9-20(12-14-8-10-23-13-14)18(21)17-11-16(19-22-17)15-6-4-3-5-7-15/h2-8,10-11,13H,1,9,12H2. The first-order chi connectivity index (χ1) is 11.3. The summed E-state index contributed by atoms with van der Waals surface area (Å²) in [5.74, 6) is 0.0479. The fourth-order valence-corrected chi connectivity index (χ4v) is 2.91. The number of hydrogen-bond acceptors (Lipinski definition) is 4. The van der Waals surface area contributed by atoms with E-state index in [-0.39, 0.29) is 11.7 Å². The zero-order valence-electron chi connectivity index (χ0n) is 12.5. The maximum Gasteiger partial charge on any atom is 0.293 e. The van der Waals surface area contributed by atoms with Crippen molar-refractivity contribution in [3.05, 3.63) is 77.2 Å². The van der Waals surface area contributed by atoms with Crippen LogP contribution in [0.2, 0.25) is 0 Å². The zero-order valence-corrected chi connectivity index (χ0v) is 13.3. The first-order valence-corrected chi connectivity index (χ1v) is 8.15. The van der Waals surface area contributed by atoms with Crippen LogP contribution in [0.5, 0.6) is 0 Å². The van der Waals surface area contributed by atoms with Gasteiger partial charge in [0.05, 0.1) is 0 Å². The Kier molecular flexibility index (Phi) is 4.68. The average molecular weight is 324 g/mol. The lowest BCUT2D eigenvalue weighted by Gasteiger charge is -2.18. The molecule has 0 N–H and O–H groups in total. The first kappa shape index (κ1) is 15.2. The van der Waals surface area contributed by atoms with Gasteiger partial charge in [-0.2, -0.15) is 11.3 Å². The number of carbonyl (C=O) groups excluding carboxylic acids is 1. The monoisotopic (exact) mass is 324 g/mol. The van der Waals surface area contributed by atoms with Gasteiger partial charge in [-0.15, -0.1) is 6.58 Å². The second-order valence-corrected chi connectivity index (χ2v) is 5.83. The molecule has 0 aliphatic carbocycles. The van der Waals surface area contributed by atoms with Crippen molar-refractivity contribution in [1.29, 1.82) is 0 Å². The van der Waals surface area contributed by atoms with E-state index >= 15 is 0 Å². The molecule has 3 aromatic rings. The van der Waals surface area contributed by atoms with Crippen LogP contribution in [0.4, 0.5) is 0 Å². The highest BCUT2D eigenvalue weighted by Gasteiger charge is 2.20. The van der Waals surface area contributed by atoms with Gasteiger partial charge in [0, 0.05) is 24.7 Å². The van der Waals surface area contributed by atoms with Gasteiger partial charge in [0.15, 0.2) is 0 Å². The Hall–Kier alpha value is -2.66. The van der Waals surface area contributed by atoms with E-state index in [9.17, 15) is 4.79 Å². The lowest BCUT2D eigenvalue weighted by atomic mass is 10.1. The van der Waals surface area contributed by atoms with Gasteiger partial charge in [0.1, 0.15) is 5.69 Å². The highest BCUT2D eigenvalue weighted by molar-refractivity contribution is 7.07. The van der Waals surface area contributed by atoms with Gasteiger partial charge in [0.2, 0.25) is 5.76 Å². The van der Waals surface area contributed by atoms with Gasteiger partial charge in [-0.05, 0) is 22.4 Å². The normalized spacial score (nSPS) is 10.4. The molecular weight excluding hydrogens is 308 g/mol. The van der Waals surface area contributed by atoms with E-state index in [1.165, 1.54) is 0 Å². The molecule has 0 aliphatic heterocycles. The van der Waals surface area contributed by atoms with Crippen LogP contribution in [0.25, 0.3) is 11.3 Å². The van der Waals surface area contributed by atoms with Crippen LogP contribution in [0.15, 0.2) is 70.4 Å². The number of aromatic nitrogens is 1. The van der Waals surface area contributed by atoms with Gasteiger partial charge in [-0.3, -0.25) is 4.79 Å². The lowest BCUT2D eigenvalue weighted by Crippen LogP contribution is -2.30. The van der Waals surface area contributed by atoms with Crippen molar-refractivity contribution in [2.75, 3.05) is 6.54 Å². The molecule has 2 heterocycles. The predicted molar refractivity (Wildman–Crippen MR) is 91.2 cm³/mol. The molecule has 0 aliphatic rings. The third-order valence-corrected chi connectivity index (χ3v) is 4.11. The minimum Gasteiger partial charge on any atom is -0.350 e. The van der Waals surface area contributed by atoms with E-state index in [2.05, 4.69) is 11.7 Å². The largest absolute Gasteiger partial charge is 0.350 e. The molecule has 0 radical (unpaired) electrons. The highest BCUT2D eigenvalue weighted by atomic mass is 32.1. The Labute approximate surface area is 138 Å². The Balaban J connectivity index is 1.80. The van der Waals surface area contributed by atoms with Crippen LogP contribution in [0.3, 0.4) is 0 Å². The molecule has 5 heteroatoms. The van der Waals surface area contributed by atoms with E-state index in [0.717, 1.165) is 11.1 Å².